The first-order chi connectivity index (χ1) is 8.88. The zero-order valence-electron chi connectivity index (χ0n) is 10.3. The van der Waals surface area contributed by atoms with Gasteiger partial charge in [-0.2, -0.15) is 0 Å². The van der Waals surface area contributed by atoms with Crippen LogP contribution in [0.1, 0.15) is 16.8 Å². The predicted molar refractivity (Wildman–Crippen MR) is 73.9 cm³/mol. The SMILES string of the molecule is CS(=O)(=O)c1ccc(C(=O)NC2CCOC2)cc1Br. The quantitative estimate of drug-likeness (QED) is 0.896. The van der Waals surface area contributed by atoms with Crippen LogP contribution in [0.4, 0.5) is 0 Å². The van der Waals surface area contributed by atoms with Crippen LogP contribution in [0.15, 0.2) is 27.6 Å². The molecule has 0 saturated carbocycles. The molecule has 1 heterocycles. The Balaban J connectivity index is 2.17. The van der Waals surface area contributed by atoms with Crippen LogP contribution in [-0.2, 0) is 14.6 Å². The van der Waals surface area contributed by atoms with Gasteiger partial charge in [0.2, 0.25) is 0 Å². The number of halogens is 1. The van der Waals surface area contributed by atoms with Crippen molar-refractivity contribution in [1.29, 1.82) is 0 Å². The van der Waals surface area contributed by atoms with E-state index < -0.39 is 9.84 Å². The van der Waals surface area contributed by atoms with Gasteiger partial charge in [0.25, 0.3) is 5.91 Å². The summed E-state index contributed by atoms with van der Waals surface area (Å²) in [5, 5.41) is 2.85. The van der Waals surface area contributed by atoms with Crippen LogP contribution in [0.25, 0.3) is 0 Å². The molecule has 1 N–H and O–H groups in total. The molecule has 1 atom stereocenters. The van der Waals surface area contributed by atoms with E-state index in [4.69, 9.17) is 4.74 Å². The number of sulfone groups is 1. The Hall–Kier alpha value is -0.920. The number of hydrogen-bond donors (Lipinski definition) is 1. The number of rotatable bonds is 3. The fraction of sp³-hybridized carbons (Fsp3) is 0.417. The molecule has 1 unspecified atom stereocenters. The molecule has 1 fully saturated rings. The number of carbonyl (C=O) groups is 1. The molecule has 0 spiro atoms. The topological polar surface area (TPSA) is 72.5 Å². The second-order valence-corrected chi connectivity index (χ2v) is 7.29. The lowest BCUT2D eigenvalue weighted by atomic mass is 10.2. The van der Waals surface area contributed by atoms with Gasteiger partial charge in [-0.15, -0.1) is 0 Å². The van der Waals surface area contributed by atoms with Crippen LogP contribution < -0.4 is 5.32 Å². The highest BCUT2D eigenvalue weighted by atomic mass is 79.9. The third-order valence-corrected chi connectivity index (χ3v) is 4.93. The lowest BCUT2D eigenvalue weighted by Crippen LogP contribution is -2.35. The third-order valence-electron chi connectivity index (χ3n) is 2.86. The minimum atomic E-state index is -3.30. The van der Waals surface area contributed by atoms with Crippen LogP contribution in [0.5, 0.6) is 0 Å². The van der Waals surface area contributed by atoms with E-state index in [1.807, 2.05) is 0 Å². The van der Waals surface area contributed by atoms with E-state index in [1.165, 1.54) is 18.2 Å². The van der Waals surface area contributed by atoms with Gasteiger partial charge < -0.3 is 10.1 Å². The van der Waals surface area contributed by atoms with E-state index in [2.05, 4.69) is 21.2 Å². The average molecular weight is 348 g/mol. The molecule has 5 nitrogen and oxygen atoms in total. The van der Waals surface area contributed by atoms with Crippen molar-refractivity contribution in [2.24, 2.45) is 0 Å². The van der Waals surface area contributed by atoms with Gasteiger partial charge in [-0.25, -0.2) is 8.42 Å². The van der Waals surface area contributed by atoms with Crippen LogP contribution in [0, 0.1) is 0 Å². The molecule has 1 aromatic carbocycles. The monoisotopic (exact) mass is 347 g/mol. The molecular formula is C12H14BrNO4S. The Bertz CT molecular complexity index is 594. The number of hydrogen-bond acceptors (Lipinski definition) is 4. The molecule has 104 valence electrons. The van der Waals surface area contributed by atoms with Crippen LogP contribution in [0.3, 0.4) is 0 Å². The number of carbonyl (C=O) groups excluding carboxylic acids is 1. The second-order valence-electron chi connectivity index (χ2n) is 4.45. The van der Waals surface area contributed by atoms with Crippen LogP contribution in [-0.4, -0.2) is 39.8 Å². The molecule has 1 saturated heterocycles. The predicted octanol–water partition coefficient (Wildman–Crippen LogP) is 1.37. The molecule has 7 heteroatoms. The number of amides is 1. The van der Waals surface area contributed by atoms with Crippen molar-refractivity contribution in [3.05, 3.63) is 28.2 Å². The Morgan fingerprint density at radius 1 is 1.47 bits per heavy atom. The van der Waals surface area contributed by atoms with Gasteiger partial charge in [0.05, 0.1) is 17.5 Å². The van der Waals surface area contributed by atoms with E-state index in [-0.39, 0.29) is 16.8 Å². The number of ether oxygens (including phenoxy) is 1. The lowest BCUT2D eigenvalue weighted by Gasteiger charge is -2.11. The molecule has 0 radical (unpaired) electrons. The van der Waals surface area contributed by atoms with Gasteiger partial charge in [0.15, 0.2) is 9.84 Å². The summed E-state index contributed by atoms with van der Waals surface area (Å²) in [7, 11) is -3.30. The van der Waals surface area contributed by atoms with Crippen molar-refractivity contribution in [1.82, 2.24) is 5.32 Å². The molecule has 1 amide bonds. The number of benzene rings is 1. The minimum Gasteiger partial charge on any atom is -0.379 e. The minimum absolute atomic E-state index is 0.0286. The Morgan fingerprint density at radius 3 is 2.74 bits per heavy atom. The first-order valence-corrected chi connectivity index (χ1v) is 8.44. The van der Waals surface area contributed by atoms with E-state index in [0.29, 0.717) is 23.2 Å². The Morgan fingerprint density at radius 2 is 2.21 bits per heavy atom. The van der Waals surface area contributed by atoms with Crippen molar-refractivity contribution in [2.45, 2.75) is 17.4 Å². The van der Waals surface area contributed by atoms with Crippen molar-refractivity contribution in [2.75, 3.05) is 19.5 Å². The van der Waals surface area contributed by atoms with Gasteiger partial charge in [-0.1, -0.05) is 0 Å². The summed E-state index contributed by atoms with van der Waals surface area (Å²) >= 11 is 3.18. The summed E-state index contributed by atoms with van der Waals surface area (Å²) in [5.74, 6) is -0.226. The van der Waals surface area contributed by atoms with Crippen molar-refractivity contribution in [3.63, 3.8) is 0 Å². The highest BCUT2D eigenvalue weighted by molar-refractivity contribution is 9.10. The Kier molecular flexibility index (Phi) is 4.27. The van der Waals surface area contributed by atoms with E-state index in [1.54, 1.807) is 0 Å². The molecule has 2 rings (SSSR count). The second kappa shape index (κ2) is 5.60. The van der Waals surface area contributed by atoms with Crippen molar-refractivity contribution >= 4 is 31.7 Å². The Labute approximate surface area is 120 Å². The fourth-order valence-electron chi connectivity index (χ4n) is 1.86. The summed E-state index contributed by atoms with van der Waals surface area (Å²) in [4.78, 5) is 12.2. The smallest absolute Gasteiger partial charge is 0.251 e. The third kappa shape index (κ3) is 3.55. The first-order valence-electron chi connectivity index (χ1n) is 5.76. The van der Waals surface area contributed by atoms with E-state index >= 15 is 0 Å². The standard InChI is InChI=1S/C12H14BrNO4S/c1-19(16,17)11-3-2-8(6-10(11)13)12(15)14-9-4-5-18-7-9/h2-3,6,9H,4-5,7H2,1H3,(H,14,15). The summed E-state index contributed by atoms with van der Waals surface area (Å²) < 4.78 is 28.5. The molecule has 0 bridgehead atoms. The van der Waals surface area contributed by atoms with Gasteiger partial charge in [0.1, 0.15) is 0 Å². The molecule has 0 aromatic heterocycles. The normalized spacial score (nSPS) is 19.4. The van der Waals surface area contributed by atoms with Gasteiger partial charge in [-0.3, -0.25) is 4.79 Å². The molecule has 1 aliphatic heterocycles. The maximum absolute atomic E-state index is 12.0. The van der Waals surface area contributed by atoms with E-state index in [9.17, 15) is 13.2 Å². The highest BCUT2D eigenvalue weighted by Crippen LogP contribution is 2.23. The van der Waals surface area contributed by atoms with Gasteiger partial charge in [0, 0.05) is 22.9 Å². The number of nitrogens with one attached hydrogen (secondary N) is 1. The highest BCUT2D eigenvalue weighted by Gasteiger charge is 2.20. The lowest BCUT2D eigenvalue weighted by molar-refractivity contribution is 0.0929. The van der Waals surface area contributed by atoms with Crippen LogP contribution in [0.2, 0.25) is 0 Å². The maximum atomic E-state index is 12.0. The summed E-state index contributed by atoms with van der Waals surface area (Å²) in [6.45, 7) is 1.18. The molecule has 1 aliphatic rings. The fourth-order valence-corrected chi connectivity index (χ4v) is 3.85. The molecule has 1 aromatic rings. The van der Waals surface area contributed by atoms with E-state index in [0.717, 1.165) is 12.7 Å². The van der Waals surface area contributed by atoms with Crippen LogP contribution >= 0.6 is 15.9 Å². The van der Waals surface area contributed by atoms with Gasteiger partial charge >= 0.3 is 0 Å². The zero-order chi connectivity index (χ0) is 14.0. The first kappa shape index (κ1) is 14.5. The van der Waals surface area contributed by atoms with Gasteiger partial charge in [-0.05, 0) is 40.5 Å². The summed E-state index contributed by atoms with van der Waals surface area (Å²) in [5.41, 5.74) is 0.422. The van der Waals surface area contributed by atoms with Crippen molar-refractivity contribution in [3.8, 4) is 0 Å². The average Bonchev–Trinajstić information content (AvgIpc) is 2.79. The summed E-state index contributed by atoms with van der Waals surface area (Å²) in [6.07, 6.45) is 1.93. The van der Waals surface area contributed by atoms with Crippen molar-refractivity contribution < 1.29 is 17.9 Å². The molecule has 19 heavy (non-hydrogen) atoms. The zero-order valence-corrected chi connectivity index (χ0v) is 12.8. The molecule has 0 aliphatic carbocycles. The largest absolute Gasteiger partial charge is 0.379 e. The maximum Gasteiger partial charge on any atom is 0.251 e. The summed E-state index contributed by atoms with van der Waals surface area (Å²) in [6, 6.07) is 4.48. The molecular weight excluding hydrogens is 334 g/mol.